The summed E-state index contributed by atoms with van der Waals surface area (Å²) < 4.78 is 5.49. The van der Waals surface area contributed by atoms with E-state index in [2.05, 4.69) is 31.3 Å². The summed E-state index contributed by atoms with van der Waals surface area (Å²) in [6, 6.07) is -0.631. The van der Waals surface area contributed by atoms with Gasteiger partial charge in [-0.05, 0) is 57.8 Å². The Kier molecular flexibility index (Phi) is 57.5. The molecule has 0 saturated carbocycles. The predicted molar refractivity (Wildman–Crippen MR) is 301 cm³/mol. The lowest BCUT2D eigenvalue weighted by molar-refractivity contribution is -0.143. The van der Waals surface area contributed by atoms with E-state index in [0.717, 1.165) is 44.9 Å². The van der Waals surface area contributed by atoms with Crippen LogP contribution in [0.1, 0.15) is 341 Å². The summed E-state index contributed by atoms with van der Waals surface area (Å²) in [5.41, 5.74) is 0. The van der Waals surface area contributed by atoms with E-state index in [-0.39, 0.29) is 18.5 Å². The fraction of sp³-hybridized carbons (Fsp3) is 0.905. The van der Waals surface area contributed by atoms with Gasteiger partial charge in [-0.25, -0.2) is 0 Å². The molecule has 0 aromatic rings. The molecule has 1 amide bonds. The zero-order valence-corrected chi connectivity index (χ0v) is 46.6. The van der Waals surface area contributed by atoms with Crippen LogP contribution in [0.2, 0.25) is 0 Å². The molecule has 408 valence electrons. The Morgan fingerprint density at radius 3 is 1.03 bits per heavy atom. The second-order valence-electron chi connectivity index (χ2n) is 21.4. The van der Waals surface area contributed by atoms with Crippen LogP contribution >= 0.6 is 0 Å². The number of carbonyl (C=O) groups is 2. The molecule has 69 heavy (non-hydrogen) atoms. The van der Waals surface area contributed by atoms with Gasteiger partial charge in [0.25, 0.3) is 0 Å². The normalized spacial score (nSPS) is 12.7. The van der Waals surface area contributed by atoms with Gasteiger partial charge in [-0.1, -0.05) is 295 Å². The molecule has 0 rings (SSSR count). The van der Waals surface area contributed by atoms with Gasteiger partial charge in [0.05, 0.1) is 25.4 Å². The van der Waals surface area contributed by atoms with Crippen molar-refractivity contribution in [2.75, 3.05) is 13.2 Å². The number of unbranched alkanes of at least 4 members (excludes halogenated alkanes) is 45. The third-order valence-electron chi connectivity index (χ3n) is 14.5. The molecule has 0 spiro atoms. The topological polar surface area (TPSA) is 95.9 Å². The van der Waals surface area contributed by atoms with Gasteiger partial charge in [0, 0.05) is 12.8 Å². The number of nitrogens with one attached hydrogen (secondary N) is 1. The van der Waals surface area contributed by atoms with Gasteiger partial charge < -0.3 is 20.3 Å². The molecule has 6 heteroatoms. The Balaban J connectivity index is 3.42. The largest absolute Gasteiger partial charge is 0.466 e. The maximum absolute atomic E-state index is 12.5. The van der Waals surface area contributed by atoms with Crippen LogP contribution in [0.3, 0.4) is 0 Å². The molecule has 2 atom stereocenters. The fourth-order valence-corrected chi connectivity index (χ4v) is 9.69. The summed E-state index contributed by atoms with van der Waals surface area (Å²) in [4.78, 5) is 24.6. The molecular formula is C63H121NO5. The number of carbonyl (C=O) groups excluding carboxylic acids is 2. The smallest absolute Gasteiger partial charge is 0.305 e. The first-order valence-corrected chi connectivity index (χ1v) is 31.1. The van der Waals surface area contributed by atoms with Gasteiger partial charge in [0.2, 0.25) is 5.91 Å². The van der Waals surface area contributed by atoms with Crippen molar-refractivity contribution in [2.45, 2.75) is 353 Å². The zero-order valence-electron chi connectivity index (χ0n) is 46.6. The molecule has 0 heterocycles. The highest BCUT2D eigenvalue weighted by Gasteiger charge is 2.18. The number of amides is 1. The molecule has 3 N–H and O–H groups in total. The molecule has 0 fully saturated rings. The van der Waals surface area contributed by atoms with Crippen molar-refractivity contribution in [3.05, 3.63) is 24.3 Å². The minimum atomic E-state index is -0.847. The highest BCUT2D eigenvalue weighted by Crippen LogP contribution is 2.17. The molecule has 0 aromatic carbocycles. The Morgan fingerprint density at radius 1 is 0.391 bits per heavy atom. The standard InChI is InChI=1S/C63H121NO5/c1-3-5-7-9-11-13-15-17-19-23-27-31-35-39-43-47-51-55-61(66)60(59-65)64-62(67)56-52-48-44-40-36-32-28-25-21-22-26-30-34-38-42-46-50-54-58-69-63(68)57-53-49-45-41-37-33-29-24-20-18-16-14-12-10-8-6-4-2/h18,20,51,55,60-61,65-66H,3-17,19,21-50,52-54,56-59H2,1-2H3,(H,64,67)/b20-18-,55-51+. The van der Waals surface area contributed by atoms with Crippen LogP contribution in [0, 0.1) is 0 Å². The van der Waals surface area contributed by atoms with E-state index < -0.39 is 12.1 Å². The van der Waals surface area contributed by atoms with Gasteiger partial charge in [0.15, 0.2) is 0 Å². The highest BCUT2D eigenvalue weighted by atomic mass is 16.5. The van der Waals surface area contributed by atoms with E-state index in [1.54, 1.807) is 6.08 Å². The van der Waals surface area contributed by atoms with Gasteiger partial charge in [-0.15, -0.1) is 0 Å². The molecule has 0 aliphatic heterocycles. The number of hydrogen-bond acceptors (Lipinski definition) is 5. The Labute approximate surface area is 431 Å². The van der Waals surface area contributed by atoms with Crippen molar-refractivity contribution in [2.24, 2.45) is 0 Å². The van der Waals surface area contributed by atoms with E-state index in [0.29, 0.717) is 19.4 Å². The molecule has 6 nitrogen and oxygen atoms in total. The predicted octanol–water partition coefficient (Wildman–Crippen LogP) is 19.4. The van der Waals surface area contributed by atoms with Crippen LogP contribution in [0.4, 0.5) is 0 Å². The van der Waals surface area contributed by atoms with E-state index in [9.17, 15) is 19.8 Å². The van der Waals surface area contributed by atoms with Crippen molar-refractivity contribution in [3.63, 3.8) is 0 Å². The summed E-state index contributed by atoms with van der Waals surface area (Å²) in [5.74, 6) is -0.0661. The van der Waals surface area contributed by atoms with Gasteiger partial charge in [-0.3, -0.25) is 9.59 Å². The molecule has 0 aliphatic carbocycles. The number of esters is 1. The molecule has 0 aliphatic rings. The first-order valence-electron chi connectivity index (χ1n) is 31.1. The molecular weight excluding hydrogens is 851 g/mol. The SMILES string of the molecule is CCCCCCCC/C=C\CCCCCCCCCC(=O)OCCCCCCCCCCCCCCCCCCCCC(=O)NC(CO)C(O)/C=C/CCCCCCCCCCCCCCCCC. The fourth-order valence-electron chi connectivity index (χ4n) is 9.69. The summed E-state index contributed by atoms with van der Waals surface area (Å²) in [7, 11) is 0. The number of aliphatic hydroxyl groups is 2. The second kappa shape index (κ2) is 58.9. The van der Waals surface area contributed by atoms with Crippen molar-refractivity contribution in [3.8, 4) is 0 Å². The average Bonchev–Trinajstić information content (AvgIpc) is 3.35. The van der Waals surface area contributed by atoms with Crippen molar-refractivity contribution in [1.82, 2.24) is 5.32 Å². The first kappa shape index (κ1) is 67.3. The molecule has 0 aromatic heterocycles. The van der Waals surface area contributed by atoms with Crippen molar-refractivity contribution in [1.29, 1.82) is 0 Å². The quantitative estimate of drug-likeness (QED) is 0.0321. The minimum absolute atomic E-state index is 0.00366. The summed E-state index contributed by atoms with van der Waals surface area (Å²) >= 11 is 0. The Hall–Kier alpha value is -1.66. The lowest BCUT2D eigenvalue weighted by atomic mass is 10.0. The molecule has 0 bridgehead atoms. The number of hydrogen-bond donors (Lipinski definition) is 3. The summed E-state index contributed by atoms with van der Waals surface area (Å²) in [6.07, 6.45) is 72.1. The maximum Gasteiger partial charge on any atom is 0.305 e. The number of aliphatic hydroxyl groups excluding tert-OH is 2. The van der Waals surface area contributed by atoms with Crippen LogP contribution in [0.15, 0.2) is 24.3 Å². The Bertz CT molecular complexity index is 1080. The second-order valence-corrected chi connectivity index (χ2v) is 21.4. The summed E-state index contributed by atoms with van der Waals surface area (Å²) in [6.45, 7) is 4.91. The Morgan fingerprint density at radius 2 is 0.681 bits per heavy atom. The highest BCUT2D eigenvalue weighted by molar-refractivity contribution is 5.76. The van der Waals surface area contributed by atoms with Crippen LogP contribution < -0.4 is 5.32 Å². The van der Waals surface area contributed by atoms with Crippen molar-refractivity contribution < 1.29 is 24.5 Å². The average molecular weight is 973 g/mol. The van der Waals surface area contributed by atoms with Crippen LogP contribution in [0.25, 0.3) is 0 Å². The van der Waals surface area contributed by atoms with Crippen LogP contribution in [-0.4, -0.2) is 47.4 Å². The van der Waals surface area contributed by atoms with Gasteiger partial charge in [0.1, 0.15) is 0 Å². The number of allylic oxidation sites excluding steroid dienone is 3. The summed E-state index contributed by atoms with van der Waals surface area (Å²) in [5, 5.41) is 23.2. The molecule has 0 saturated heterocycles. The van der Waals surface area contributed by atoms with E-state index in [1.807, 2.05) is 6.08 Å². The van der Waals surface area contributed by atoms with Gasteiger partial charge in [-0.2, -0.15) is 0 Å². The molecule has 2 unspecified atom stereocenters. The lowest BCUT2D eigenvalue weighted by Gasteiger charge is -2.20. The third kappa shape index (κ3) is 55.5. The van der Waals surface area contributed by atoms with E-state index in [1.165, 1.54) is 270 Å². The first-order chi connectivity index (χ1) is 34.0. The monoisotopic (exact) mass is 972 g/mol. The number of ether oxygens (including phenoxy) is 1. The van der Waals surface area contributed by atoms with Crippen LogP contribution in [0.5, 0.6) is 0 Å². The van der Waals surface area contributed by atoms with E-state index in [4.69, 9.17) is 4.74 Å². The number of rotatable bonds is 58. The zero-order chi connectivity index (χ0) is 50.0. The third-order valence-corrected chi connectivity index (χ3v) is 14.5. The minimum Gasteiger partial charge on any atom is -0.466 e. The van der Waals surface area contributed by atoms with Crippen LogP contribution in [-0.2, 0) is 14.3 Å². The molecule has 0 radical (unpaired) electrons. The maximum atomic E-state index is 12.5. The van der Waals surface area contributed by atoms with Gasteiger partial charge >= 0.3 is 5.97 Å². The lowest BCUT2D eigenvalue weighted by Crippen LogP contribution is -2.45. The van der Waals surface area contributed by atoms with Crippen molar-refractivity contribution >= 4 is 11.9 Å². The van der Waals surface area contributed by atoms with E-state index >= 15 is 0 Å².